The maximum Gasteiger partial charge on any atom is 0.261 e. The molecular formula is C15H14N2O2S. The standard InChI is InChI=1S/C15H14N2O2S/c1-9-2-3-10-7-11-8-13(14(19)16-4-5-18)20-15(11)17-12(10)6-9/h2-3,6-8,18H,4-5H2,1H3,(H,16,19). The highest BCUT2D eigenvalue weighted by Gasteiger charge is 2.11. The van der Waals surface area contributed by atoms with Crippen molar-refractivity contribution < 1.29 is 9.90 Å². The summed E-state index contributed by atoms with van der Waals surface area (Å²) in [5, 5.41) is 13.4. The maximum atomic E-state index is 11.9. The predicted molar refractivity (Wildman–Crippen MR) is 81.3 cm³/mol. The molecule has 0 aliphatic carbocycles. The van der Waals surface area contributed by atoms with E-state index in [2.05, 4.69) is 22.4 Å². The minimum atomic E-state index is -0.165. The molecule has 102 valence electrons. The topological polar surface area (TPSA) is 62.2 Å². The van der Waals surface area contributed by atoms with Gasteiger partial charge in [0.1, 0.15) is 4.83 Å². The van der Waals surface area contributed by atoms with Crippen molar-refractivity contribution >= 4 is 38.4 Å². The molecule has 4 nitrogen and oxygen atoms in total. The lowest BCUT2D eigenvalue weighted by molar-refractivity contribution is 0.0949. The smallest absolute Gasteiger partial charge is 0.261 e. The zero-order valence-electron chi connectivity index (χ0n) is 11.0. The van der Waals surface area contributed by atoms with E-state index in [0.717, 1.165) is 21.1 Å². The van der Waals surface area contributed by atoms with Crippen molar-refractivity contribution in [2.75, 3.05) is 13.2 Å². The highest BCUT2D eigenvalue weighted by molar-refractivity contribution is 7.20. The minimum Gasteiger partial charge on any atom is -0.395 e. The molecule has 2 N–H and O–H groups in total. The third kappa shape index (κ3) is 2.37. The van der Waals surface area contributed by atoms with E-state index >= 15 is 0 Å². The number of nitrogens with zero attached hydrogens (tertiary/aromatic N) is 1. The molecule has 1 aromatic carbocycles. The van der Waals surface area contributed by atoms with E-state index in [-0.39, 0.29) is 19.1 Å². The number of hydrogen-bond acceptors (Lipinski definition) is 4. The lowest BCUT2D eigenvalue weighted by atomic mass is 10.1. The number of pyridine rings is 1. The number of benzene rings is 1. The summed E-state index contributed by atoms with van der Waals surface area (Å²) in [6.45, 7) is 2.24. The molecule has 0 bridgehead atoms. The van der Waals surface area contributed by atoms with Crippen molar-refractivity contribution in [1.29, 1.82) is 0 Å². The summed E-state index contributed by atoms with van der Waals surface area (Å²) in [5.74, 6) is -0.165. The van der Waals surface area contributed by atoms with Crippen molar-refractivity contribution in [3.63, 3.8) is 0 Å². The molecule has 5 heteroatoms. The molecule has 0 aliphatic heterocycles. The van der Waals surface area contributed by atoms with E-state index in [0.29, 0.717) is 4.88 Å². The van der Waals surface area contributed by atoms with Crippen LogP contribution in [0.3, 0.4) is 0 Å². The molecular weight excluding hydrogens is 272 g/mol. The number of rotatable bonds is 3. The van der Waals surface area contributed by atoms with E-state index in [9.17, 15) is 4.79 Å². The van der Waals surface area contributed by atoms with Gasteiger partial charge in [-0.3, -0.25) is 4.79 Å². The summed E-state index contributed by atoms with van der Waals surface area (Å²) < 4.78 is 0. The SMILES string of the molecule is Cc1ccc2cc3cc(C(=O)NCCO)sc3nc2c1. The lowest BCUT2D eigenvalue weighted by Crippen LogP contribution is -2.25. The van der Waals surface area contributed by atoms with Gasteiger partial charge in [-0.05, 0) is 30.7 Å². The number of amides is 1. The fourth-order valence-electron chi connectivity index (χ4n) is 2.10. The highest BCUT2D eigenvalue weighted by Crippen LogP contribution is 2.27. The predicted octanol–water partition coefficient (Wildman–Crippen LogP) is 2.48. The number of carbonyl (C=O) groups excluding carboxylic acids is 1. The Bertz CT molecular complexity index is 795. The van der Waals surface area contributed by atoms with Gasteiger partial charge in [0.05, 0.1) is 17.0 Å². The Morgan fingerprint density at radius 1 is 1.30 bits per heavy atom. The Morgan fingerprint density at radius 2 is 2.15 bits per heavy atom. The van der Waals surface area contributed by atoms with Crippen molar-refractivity contribution in [1.82, 2.24) is 10.3 Å². The second kappa shape index (κ2) is 5.19. The molecule has 0 atom stereocenters. The largest absolute Gasteiger partial charge is 0.395 e. The number of aryl methyl sites for hydroxylation is 1. The molecule has 0 saturated heterocycles. The van der Waals surface area contributed by atoms with E-state index in [1.165, 1.54) is 16.9 Å². The van der Waals surface area contributed by atoms with E-state index in [1.807, 2.05) is 25.1 Å². The molecule has 0 fully saturated rings. The third-order valence-corrected chi connectivity index (χ3v) is 4.12. The van der Waals surface area contributed by atoms with E-state index in [4.69, 9.17) is 5.11 Å². The number of aliphatic hydroxyl groups excluding tert-OH is 1. The molecule has 3 aromatic rings. The quantitative estimate of drug-likeness (QED) is 0.777. The Labute approximate surface area is 120 Å². The molecule has 2 heterocycles. The summed E-state index contributed by atoms with van der Waals surface area (Å²) in [6, 6.07) is 10.0. The van der Waals surface area contributed by atoms with E-state index < -0.39 is 0 Å². The average Bonchev–Trinajstić information content (AvgIpc) is 2.85. The molecule has 20 heavy (non-hydrogen) atoms. The summed E-state index contributed by atoms with van der Waals surface area (Å²) in [5.41, 5.74) is 2.11. The maximum absolute atomic E-state index is 11.9. The first kappa shape index (κ1) is 13.0. The second-order valence-corrected chi connectivity index (χ2v) is 5.70. The Morgan fingerprint density at radius 3 is 2.95 bits per heavy atom. The summed E-state index contributed by atoms with van der Waals surface area (Å²) in [6.07, 6.45) is 0. The zero-order chi connectivity index (χ0) is 14.1. The summed E-state index contributed by atoms with van der Waals surface area (Å²) >= 11 is 1.37. The molecule has 0 saturated carbocycles. The summed E-state index contributed by atoms with van der Waals surface area (Å²) in [4.78, 5) is 18.0. The fraction of sp³-hybridized carbons (Fsp3) is 0.200. The molecule has 2 aromatic heterocycles. The first-order chi connectivity index (χ1) is 9.67. The Balaban J connectivity index is 2.06. The molecule has 3 rings (SSSR count). The van der Waals surface area contributed by atoms with Crippen LogP contribution in [0.2, 0.25) is 0 Å². The number of aromatic nitrogens is 1. The van der Waals surface area contributed by atoms with Gasteiger partial charge in [-0.15, -0.1) is 11.3 Å². The zero-order valence-corrected chi connectivity index (χ0v) is 11.8. The first-order valence-corrected chi connectivity index (χ1v) is 7.19. The van der Waals surface area contributed by atoms with Gasteiger partial charge in [0, 0.05) is 17.3 Å². The van der Waals surface area contributed by atoms with Crippen LogP contribution in [0, 0.1) is 6.92 Å². The van der Waals surface area contributed by atoms with Gasteiger partial charge < -0.3 is 10.4 Å². The first-order valence-electron chi connectivity index (χ1n) is 6.37. The average molecular weight is 286 g/mol. The van der Waals surface area contributed by atoms with Crippen LogP contribution in [0.15, 0.2) is 30.3 Å². The fourth-order valence-corrected chi connectivity index (χ4v) is 3.04. The monoisotopic (exact) mass is 286 g/mol. The van der Waals surface area contributed by atoms with Crippen LogP contribution in [-0.4, -0.2) is 29.1 Å². The van der Waals surface area contributed by atoms with Crippen LogP contribution in [0.4, 0.5) is 0 Å². The van der Waals surface area contributed by atoms with Gasteiger partial charge in [0.15, 0.2) is 0 Å². The minimum absolute atomic E-state index is 0.0575. The van der Waals surface area contributed by atoms with Crippen LogP contribution in [0.1, 0.15) is 15.2 Å². The Kier molecular flexibility index (Phi) is 3.38. The number of nitrogens with one attached hydrogen (secondary N) is 1. The molecule has 0 aliphatic rings. The van der Waals surface area contributed by atoms with Crippen LogP contribution in [0.5, 0.6) is 0 Å². The van der Waals surface area contributed by atoms with Gasteiger partial charge in [-0.2, -0.15) is 0 Å². The summed E-state index contributed by atoms with van der Waals surface area (Å²) in [7, 11) is 0. The van der Waals surface area contributed by atoms with Gasteiger partial charge in [-0.1, -0.05) is 12.1 Å². The van der Waals surface area contributed by atoms with Crippen molar-refractivity contribution in [2.24, 2.45) is 0 Å². The van der Waals surface area contributed by atoms with Crippen molar-refractivity contribution in [3.05, 3.63) is 40.8 Å². The van der Waals surface area contributed by atoms with Gasteiger partial charge in [0.25, 0.3) is 5.91 Å². The van der Waals surface area contributed by atoms with Crippen molar-refractivity contribution in [3.8, 4) is 0 Å². The van der Waals surface area contributed by atoms with E-state index in [1.54, 1.807) is 0 Å². The van der Waals surface area contributed by atoms with Gasteiger partial charge >= 0.3 is 0 Å². The lowest BCUT2D eigenvalue weighted by Gasteiger charge is -1.98. The number of carbonyl (C=O) groups is 1. The second-order valence-electron chi connectivity index (χ2n) is 4.67. The normalized spacial score (nSPS) is 11.1. The van der Waals surface area contributed by atoms with Crippen LogP contribution >= 0.6 is 11.3 Å². The van der Waals surface area contributed by atoms with Crippen molar-refractivity contribution in [2.45, 2.75) is 6.92 Å². The third-order valence-electron chi connectivity index (χ3n) is 3.08. The van der Waals surface area contributed by atoms with Gasteiger partial charge in [0.2, 0.25) is 0 Å². The molecule has 0 radical (unpaired) electrons. The number of fused-ring (bicyclic) bond motifs is 2. The number of thiophene rings is 1. The van der Waals surface area contributed by atoms with Gasteiger partial charge in [-0.25, -0.2) is 4.98 Å². The number of hydrogen-bond donors (Lipinski definition) is 2. The molecule has 1 amide bonds. The number of aliphatic hydroxyl groups is 1. The van der Waals surface area contributed by atoms with Crippen LogP contribution < -0.4 is 5.32 Å². The molecule has 0 unspecified atom stereocenters. The Hall–Kier alpha value is -1.98. The molecule has 0 spiro atoms. The van der Waals surface area contributed by atoms with Crippen LogP contribution in [-0.2, 0) is 0 Å². The highest BCUT2D eigenvalue weighted by atomic mass is 32.1. The van der Waals surface area contributed by atoms with Crippen LogP contribution in [0.25, 0.3) is 21.1 Å².